The fraction of sp³-hybridized carbons (Fsp3) is 0.278. The number of aliphatic carboxylic acids is 1. The van der Waals surface area contributed by atoms with Gasteiger partial charge in [-0.3, -0.25) is 9.48 Å². The molecular formula is C18H18ClN3O3S. The van der Waals surface area contributed by atoms with Crippen molar-refractivity contribution in [2.45, 2.75) is 25.8 Å². The van der Waals surface area contributed by atoms with Gasteiger partial charge in [0.15, 0.2) is 5.54 Å². The summed E-state index contributed by atoms with van der Waals surface area (Å²) in [6, 6.07) is 8.23. The van der Waals surface area contributed by atoms with E-state index in [4.69, 9.17) is 11.6 Å². The molecule has 2 aromatic heterocycles. The molecule has 1 unspecified atom stereocenters. The number of carbonyl (C=O) groups excluding carboxylic acids is 1. The van der Waals surface area contributed by atoms with Crippen LogP contribution in [0.1, 0.15) is 34.3 Å². The molecule has 0 bridgehead atoms. The topological polar surface area (TPSA) is 84.2 Å². The highest BCUT2D eigenvalue weighted by atomic mass is 35.5. The average Bonchev–Trinajstić information content (AvgIpc) is 3.15. The zero-order valence-corrected chi connectivity index (χ0v) is 16.1. The number of nitrogens with zero attached hydrogens (tertiary/aromatic N) is 2. The van der Waals surface area contributed by atoms with Gasteiger partial charge in [0.2, 0.25) is 0 Å². The number of carboxylic acids is 1. The molecule has 0 saturated carbocycles. The Labute approximate surface area is 159 Å². The molecule has 26 heavy (non-hydrogen) atoms. The summed E-state index contributed by atoms with van der Waals surface area (Å²) in [6.45, 7) is 3.60. The number of carboxylic acid groups (broad SMARTS) is 1. The molecule has 0 aliphatic carbocycles. The van der Waals surface area contributed by atoms with E-state index in [-0.39, 0.29) is 6.42 Å². The SMILES string of the molecule is CCC(NC(=O)c1cc2c(C)nn(C)c2s1)(C(=O)O)c1ccc(Cl)cc1. The number of amides is 1. The summed E-state index contributed by atoms with van der Waals surface area (Å²) in [5.41, 5.74) is -0.217. The number of aromatic nitrogens is 2. The number of hydrogen-bond donors (Lipinski definition) is 2. The van der Waals surface area contributed by atoms with Gasteiger partial charge < -0.3 is 10.4 Å². The first kappa shape index (κ1) is 18.4. The summed E-state index contributed by atoms with van der Waals surface area (Å²) < 4.78 is 1.72. The predicted molar refractivity (Wildman–Crippen MR) is 102 cm³/mol. The van der Waals surface area contributed by atoms with Gasteiger partial charge in [0.05, 0.1) is 10.6 Å². The average molecular weight is 392 g/mol. The van der Waals surface area contributed by atoms with Crippen LogP contribution in [0.2, 0.25) is 5.02 Å². The molecule has 3 aromatic rings. The number of benzene rings is 1. The summed E-state index contributed by atoms with van der Waals surface area (Å²) in [6.07, 6.45) is 0.196. The number of halogens is 1. The quantitative estimate of drug-likeness (QED) is 0.694. The molecule has 1 amide bonds. The minimum absolute atomic E-state index is 0.196. The molecular weight excluding hydrogens is 374 g/mol. The molecule has 6 nitrogen and oxygen atoms in total. The van der Waals surface area contributed by atoms with Crippen molar-refractivity contribution in [3.63, 3.8) is 0 Å². The number of hydrogen-bond acceptors (Lipinski definition) is 4. The van der Waals surface area contributed by atoms with Crippen LogP contribution >= 0.6 is 22.9 Å². The number of thiophene rings is 1. The normalized spacial score (nSPS) is 13.5. The standard InChI is InChI=1S/C18H18ClN3O3S/c1-4-18(17(24)25,11-5-7-12(19)8-6-11)20-15(23)14-9-13-10(2)21-22(3)16(13)26-14/h5-9H,4H2,1-3H3,(H,20,23)(H,24,25). The largest absolute Gasteiger partial charge is 0.479 e. The molecule has 3 rings (SSSR count). The maximum atomic E-state index is 12.8. The monoisotopic (exact) mass is 391 g/mol. The van der Waals surface area contributed by atoms with Gasteiger partial charge in [-0.05, 0) is 37.1 Å². The van der Waals surface area contributed by atoms with Crippen LogP contribution < -0.4 is 5.32 Å². The van der Waals surface area contributed by atoms with E-state index in [1.165, 1.54) is 11.3 Å². The molecule has 0 fully saturated rings. The van der Waals surface area contributed by atoms with Crippen LogP contribution in [0.15, 0.2) is 30.3 Å². The third-order valence-corrected chi connectivity index (χ3v) is 5.93. The van der Waals surface area contributed by atoms with Crippen LogP contribution in [-0.4, -0.2) is 26.8 Å². The number of fused-ring (bicyclic) bond motifs is 1. The Hall–Kier alpha value is -2.38. The summed E-state index contributed by atoms with van der Waals surface area (Å²) in [5, 5.41) is 18.3. The maximum Gasteiger partial charge on any atom is 0.334 e. The van der Waals surface area contributed by atoms with E-state index in [0.29, 0.717) is 15.5 Å². The highest BCUT2D eigenvalue weighted by molar-refractivity contribution is 7.20. The Morgan fingerprint density at radius 3 is 2.54 bits per heavy atom. The van der Waals surface area contributed by atoms with Gasteiger partial charge in [-0.2, -0.15) is 5.10 Å². The number of aryl methyl sites for hydroxylation is 2. The zero-order valence-electron chi connectivity index (χ0n) is 14.5. The first-order valence-corrected chi connectivity index (χ1v) is 9.23. The molecule has 8 heteroatoms. The molecule has 0 aliphatic rings. The van der Waals surface area contributed by atoms with Crippen LogP contribution in [0, 0.1) is 6.92 Å². The lowest BCUT2D eigenvalue weighted by molar-refractivity contribution is -0.145. The van der Waals surface area contributed by atoms with Gasteiger partial charge in [0.1, 0.15) is 4.83 Å². The van der Waals surface area contributed by atoms with E-state index in [1.54, 1.807) is 41.9 Å². The van der Waals surface area contributed by atoms with E-state index in [9.17, 15) is 14.7 Å². The molecule has 0 aliphatic heterocycles. The van der Waals surface area contributed by atoms with Crippen molar-refractivity contribution in [1.29, 1.82) is 0 Å². The summed E-state index contributed by atoms with van der Waals surface area (Å²) in [5.74, 6) is -1.54. The molecule has 1 atom stereocenters. The molecule has 2 N–H and O–H groups in total. The third kappa shape index (κ3) is 2.97. The lowest BCUT2D eigenvalue weighted by Gasteiger charge is -2.29. The fourth-order valence-corrected chi connectivity index (χ4v) is 4.14. The van der Waals surface area contributed by atoms with E-state index in [0.717, 1.165) is 15.9 Å². The molecule has 0 spiro atoms. The van der Waals surface area contributed by atoms with Crippen molar-refractivity contribution >= 4 is 45.0 Å². The van der Waals surface area contributed by atoms with Gasteiger partial charge in [0.25, 0.3) is 5.91 Å². The Balaban J connectivity index is 2.00. The minimum Gasteiger partial charge on any atom is -0.479 e. The van der Waals surface area contributed by atoms with Crippen LogP contribution in [0.3, 0.4) is 0 Å². The summed E-state index contributed by atoms with van der Waals surface area (Å²) in [7, 11) is 1.81. The number of carbonyl (C=O) groups is 2. The van der Waals surface area contributed by atoms with Crippen molar-refractivity contribution in [3.05, 3.63) is 51.5 Å². The smallest absolute Gasteiger partial charge is 0.334 e. The second kappa shape index (κ2) is 6.74. The van der Waals surface area contributed by atoms with E-state index in [2.05, 4.69) is 10.4 Å². The van der Waals surface area contributed by atoms with Crippen LogP contribution in [0.4, 0.5) is 0 Å². The number of rotatable bonds is 5. The van der Waals surface area contributed by atoms with Gasteiger partial charge in [-0.25, -0.2) is 4.79 Å². The van der Waals surface area contributed by atoms with Crippen molar-refractivity contribution in [2.24, 2.45) is 7.05 Å². The fourth-order valence-electron chi connectivity index (χ4n) is 3.00. The Bertz CT molecular complexity index is 959. The molecule has 2 heterocycles. The highest BCUT2D eigenvalue weighted by Gasteiger charge is 2.40. The summed E-state index contributed by atoms with van der Waals surface area (Å²) >= 11 is 7.19. The third-order valence-electron chi connectivity index (χ3n) is 4.48. The van der Waals surface area contributed by atoms with Gasteiger partial charge >= 0.3 is 5.97 Å². The van der Waals surface area contributed by atoms with Crippen LogP contribution in [0.25, 0.3) is 10.2 Å². The van der Waals surface area contributed by atoms with E-state index in [1.807, 2.05) is 14.0 Å². The van der Waals surface area contributed by atoms with E-state index < -0.39 is 17.4 Å². The van der Waals surface area contributed by atoms with Gasteiger partial charge in [-0.15, -0.1) is 11.3 Å². The second-order valence-corrected chi connectivity index (χ2v) is 7.53. The van der Waals surface area contributed by atoms with Gasteiger partial charge in [-0.1, -0.05) is 30.7 Å². The molecule has 0 radical (unpaired) electrons. The Morgan fingerprint density at radius 2 is 2.00 bits per heavy atom. The molecule has 0 saturated heterocycles. The Kier molecular flexibility index (Phi) is 4.77. The lowest BCUT2D eigenvalue weighted by atomic mass is 9.87. The number of nitrogens with one attached hydrogen (secondary N) is 1. The zero-order chi connectivity index (χ0) is 19.1. The lowest BCUT2D eigenvalue weighted by Crippen LogP contribution is -2.51. The van der Waals surface area contributed by atoms with Crippen molar-refractivity contribution in [3.8, 4) is 0 Å². The van der Waals surface area contributed by atoms with Crippen molar-refractivity contribution in [2.75, 3.05) is 0 Å². The summed E-state index contributed by atoms with van der Waals surface area (Å²) in [4.78, 5) is 26.2. The highest BCUT2D eigenvalue weighted by Crippen LogP contribution is 2.31. The van der Waals surface area contributed by atoms with Crippen molar-refractivity contribution in [1.82, 2.24) is 15.1 Å². The second-order valence-electron chi connectivity index (χ2n) is 6.06. The minimum atomic E-state index is -1.52. The Morgan fingerprint density at radius 1 is 1.35 bits per heavy atom. The first-order chi connectivity index (χ1) is 12.3. The molecule has 136 valence electrons. The van der Waals surface area contributed by atoms with E-state index >= 15 is 0 Å². The van der Waals surface area contributed by atoms with Crippen molar-refractivity contribution < 1.29 is 14.7 Å². The van der Waals surface area contributed by atoms with Crippen LogP contribution in [0.5, 0.6) is 0 Å². The molecule has 1 aromatic carbocycles. The van der Waals surface area contributed by atoms with Crippen LogP contribution in [-0.2, 0) is 17.4 Å². The predicted octanol–water partition coefficient (Wildman–Crippen LogP) is 3.72. The first-order valence-electron chi connectivity index (χ1n) is 8.03. The van der Waals surface area contributed by atoms with Gasteiger partial charge in [0, 0.05) is 17.5 Å². The maximum absolute atomic E-state index is 12.8.